The number of phosphoric acid groups is 1. The molecule has 0 aromatic carbocycles. The van der Waals surface area contributed by atoms with Gasteiger partial charge < -0.3 is 74.0 Å². The van der Waals surface area contributed by atoms with E-state index in [1.165, 1.54) is 161 Å². The Bertz CT molecular complexity index is 2480. The fourth-order valence-corrected chi connectivity index (χ4v) is 16.9. The average molecular weight is 1700 g/mol. The normalized spacial score (nSPS) is 20.3. The Morgan fingerprint density at radius 3 is 0.915 bits per heavy atom. The van der Waals surface area contributed by atoms with Gasteiger partial charge in [-0.3, -0.25) is 33.3 Å². The number of carbonyl (C=O) groups is 6. The van der Waals surface area contributed by atoms with Crippen LogP contribution in [0.4, 0.5) is 0 Å². The Hall–Kier alpha value is -3.35. The third-order valence-electron chi connectivity index (χ3n) is 23.6. The highest BCUT2D eigenvalue weighted by Crippen LogP contribution is 2.43. The summed E-state index contributed by atoms with van der Waals surface area (Å²) in [4.78, 5) is 106. The first kappa shape index (κ1) is 111. The molecule has 0 saturated carbocycles. The summed E-state index contributed by atoms with van der Waals surface area (Å²) in [6.07, 6.45) is 44.1. The molecule has 13 atom stereocenters. The van der Waals surface area contributed by atoms with E-state index in [9.17, 15) is 63.5 Å². The molecule has 2 aliphatic rings. The molecule has 6 unspecified atom stereocenters. The number of hydrogen-bond donors (Lipinski definition) is 8. The highest BCUT2D eigenvalue weighted by atomic mass is 31.2. The number of phosphoric ester groups is 1. The van der Waals surface area contributed by atoms with E-state index in [0.29, 0.717) is 51.4 Å². The van der Waals surface area contributed by atoms with Crippen molar-refractivity contribution >= 4 is 43.5 Å². The van der Waals surface area contributed by atoms with E-state index in [4.69, 9.17) is 37.7 Å². The van der Waals surface area contributed by atoms with Crippen molar-refractivity contribution in [2.75, 3.05) is 13.2 Å². The Balaban J connectivity index is 2.58. The summed E-state index contributed by atoms with van der Waals surface area (Å²) in [5.41, 5.74) is 0. The van der Waals surface area contributed by atoms with Gasteiger partial charge in [-0.2, -0.15) is 0 Å². The minimum Gasteiger partial charge on any atom is -0.462 e. The van der Waals surface area contributed by atoms with E-state index in [1.807, 2.05) is 0 Å². The molecule has 2 amide bonds. The van der Waals surface area contributed by atoms with Crippen LogP contribution in [0.2, 0.25) is 0 Å². The first-order valence-corrected chi connectivity index (χ1v) is 50.4. The summed E-state index contributed by atoms with van der Waals surface area (Å²) in [7, 11) is -5.58. The topological polar surface area (TPSA) is 339 Å². The summed E-state index contributed by atoms with van der Waals surface area (Å²) in [6.45, 7) is 11.4. The molecule has 24 heteroatoms. The smallest absolute Gasteiger partial charge is 0.462 e. The Labute approximate surface area is 716 Å². The predicted molar refractivity (Wildman–Crippen MR) is 468 cm³/mol. The van der Waals surface area contributed by atoms with Crippen molar-refractivity contribution in [1.29, 1.82) is 0 Å². The molecule has 2 heterocycles. The van der Waals surface area contributed by atoms with E-state index in [0.717, 1.165) is 173 Å². The summed E-state index contributed by atoms with van der Waals surface area (Å²) in [6, 6.07) is -3.37. The molecule has 0 radical (unpaired) electrons. The molecule has 2 saturated heterocycles. The first-order chi connectivity index (χ1) is 57.2. The van der Waals surface area contributed by atoms with Gasteiger partial charge in [0.15, 0.2) is 18.7 Å². The SMILES string of the molecule is CCCCCCCCCCCCCC(=O)O[C@H](CCCCCCCCCCC)CC(=O)NC1C(O)[C@H](O)C(CO[C@@H]2OC(CO)[C@@H](OP(=O)(O)O)C(OC(=O)C[C@@H](CCCCCCCCCCC)OC(=O)CCCCCCCCCCCCC)C2NC(=O)C[C@@H](CCCCCCCCCCC)OC(=O)CCCCCCCCCCC)O[C@@H]1O. The molecule has 0 aliphatic carbocycles. The van der Waals surface area contributed by atoms with Gasteiger partial charge in [-0.05, 0) is 57.8 Å². The average Bonchev–Trinajstić information content (AvgIpc) is 0.764. The van der Waals surface area contributed by atoms with Gasteiger partial charge in [0.1, 0.15) is 60.9 Å². The summed E-state index contributed by atoms with van der Waals surface area (Å²) < 4.78 is 61.4. The maximum Gasteiger partial charge on any atom is 0.470 e. The first-order valence-electron chi connectivity index (χ1n) is 48.9. The number of rotatable bonds is 82. The lowest BCUT2D eigenvalue weighted by Crippen LogP contribution is -2.67. The van der Waals surface area contributed by atoms with Crippen molar-refractivity contribution in [1.82, 2.24) is 10.6 Å². The van der Waals surface area contributed by atoms with Crippen LogP contribution in [-0.2, 0) is 71.0 Å². The maximum absolute atomic E-state index is 15.0. The fourth-order valence-electron chi connectivity index (χ4n) is 16.3. The standard InChI is InChI=1S/C94H177N2O21P/c1-7-13-19-25-31-37-39-45-51-57-63-68-83(100)111-76(65-59-53-47-41-33-27-21-15-9-3)71-81(98)95-87-90(105)89(104)80(114-93(87)106)75-110-94-88(96-82(99)72-77(66-60-54-48-42-34-28-22-16-10-4)112-84(101)69-62-56-50-44-36-30-24-18-12-6)92(91(79(74-97)115-94)117-118(107,108)109)116-86(103)73-78(67-61-55-49-43-35-29-23-17-11-5)113-85(102)70-64-58-52-46-40-38-32-26-20-14-8-2/h76-80,87-94,97,104-106H,7-75H2,1-6H3,(H,95,98)(H,96,99)(H2,107,108,109)/t76-,77-,78-,79?,80?,87?,88?,89-,90?,91-,92?,93+,94-/m1/s1. The largest absolute Gasteiger partial charge is 0.470 e. The summed E-state index contributed by atoms with van der Waals surface area (Å²) in [5, 5.41) is 51.8. The molecule has 118 heavy (non-hydrogen) atoms. The van der Waals surface area contributed by atoms with Gasteiger partial charge >= 0.3 is 31.7 Å². The van der Waals surface area contributed by atoms with Gasteiger partial charge in [0.2, 0.25) is 11.8 Å². The maximum atomic E-state index is 15.0. The van der Waals surface area contributed by atoms with Gasteiger partial charge in [-0.1, -0.05) is 375 Å². The molecule has 2 fully saturated rings. The zero-order chi connectivity index (χ0) is 86.3. The van der Waals surface area contributed by atoms with Gasteiger partial charge in [0, 0.05) is 19.3 Å². The number of carbonyl (C=O) groups excluding carboxylic acids is 6. The second-order valence-corrected chi connectivity index (χ2v) is 35.9. The molecular weight excluding hydrogens is 1520 g/mol. The van der Waals surface area contributed by atoms with Crippen molar-refractivity contribution in [2.45, 2.75) is 551 Å². The molecule has 0 spiro atoms. The van der Waals surface area contributed by atoms with Crippen LogP contribution >= 0.6 is 7.82 Å². The number of ether oxygens (including phenoxy) is 7. The molecule has 694 valence electrons. The Morgan fingerprint density at radius 1 is 0.339 bits per heavy atom. The molecule has 0 aromatic rings. The molecule has 8 N–H and O–H groups in total. The van der Waals surface area contributed by atoms with Crippen LogP contribution in [0.5, 0.6) is 0 Å². The number of unbranched alkanes of at least 4 members (excludes halogenated alkanes) is 52. The van der Waals surface area contributed by atoms with Crippen LogP contribution in [-0.4, -0.2) is 159 Å². The van der Waals surface area contributed by atoms with Gasteiger partial charge in [0.05, 0.1) is 32.5 Å². The lowest BCUT2D eigenvalue weighted by molar-refractivity contribution is -0.297. The highest BCUT2D eigenvalue weighted by Gasteiger charge is 2.53. The van der Waals surface area contributed by atoms with Gasteiger partial charge in [0.25, 0.3) is 0 Å². The quantitative estimate of drug-likeness (QED) is 0.0121. The molecule has 0 bridgehead atoms. The van der Waals surface area contributed by atoms with Crippen molar-refractivity contribution in [3.05, 3.63) is 0 Å². The third-order valence-corrected chi connectivity index (χ3v) is 24.1. The fraction of sp³-hybridized carbons (Fsp3) is 0.936. The molecular formula is C94H177N2O21P. The monoisotopic (exact) mass is 1700 g/mol. The number of amides is 2. The van der Waals surface area contributed by atoms with E-state index < -0.39 is 149 Å². The molecule has 0 aromatic heterocycles. The minimum atomic E-state index is -5.58. The van der Waals surface area contributed by atoms with E-state index in [1.54, 1.807) is 0 Å². The van der Waals surface area contributed by atoms with Crippen molar-refractivity contribution in [3.63, 3.8) is 0 Å². The van der Waals surface area contributed by atoms with Crippen molar-refractivity contribution in [2.24, 2.45) is 0 Å². The summed E-state index contributed by atoms with van der Waals surface area (Å²) >= 11 is 0. The zero-order valence-corrected chi connectivity index (χ0v) is 76.4. The van der Waals surface area contributed by atoms with E-state index >= 15 is 0 Å². The van der Waals surface area contributed by atoms with Crippen LogP contribution in [0.15, 0.2) is 0 Å². The number of aliphatic hydroxyl groups excluding tert-OH is 4. The van der Waals surface area contributed by atoms with Crippen LogP contribution in [0.25, 0.3) is 0 Å². The van der Waals surface area contributed by atoms with Gasteiger partial charge in [-0.25, -0.2) is 4.57 Å². The van der Waals surface area contributed by atoms with Crippen LogP contribution in [0, 0.1) is 0 Å². The van der Waals surface area contributed by atoms with Crippen molar-refractivity contribution < 1.29 is 101 Å². The Morgan fingerprint density at radius 2 is 0.619 bits per heavy atom. The van der Waals surface area contributed by atoms with Gasteiger partial charge in [-0.15, -0.1) is 0 Å². The summed E-state index contributed by atoms with van der Waals surface area (Å²) in [5.74, 6) is -3.85. The minimum absolute atomic E-state index is 0.124. The number of aliphatic hydroxyl groups is 4. The third kappa shape index (κ3) is 58.7. The number of nitrogens with one attached hydrogen (secondary N) is 2. The second-order valence-electron chi connectivity index (χ2n) is 34.8. The van der Waals surface area contributed by atoms with Crippen molar-refractivity contribution in [3.8, 4) is 0 Å². The zero-order valence-electron chi connectivity index (χ0n) is 75.6. The van der Waals surface area contributed by atoms with Crippen LogP contribution < -0.4 is 10.6 Å². The lowest BCUT2D eigenvalue weighted by atomic mass is 9.95. The molecule has 2 aliphatic heterocycles. The van der Waals surface area contributed by atoms with E-state index in [-0.39, 0.29) is 32.1 Å². The van der Waals surface area contributed by atoms with E-state index in [2.05, 4.69) is 52.2 Å². The molecule has 23 nitrogen and oxygen atoms in total. The predicted octanol–water partition coefficient (Wildman–Crippen LogP) is 21.5. The van der Waals surface area contributed by atoms with Crippen LogP contribution in [0.1, 0.15) is 472 Å². The number of esters is 4. The lowest BCUT2D eigenvalue weighted by Gasteiger charge is -2.46. The molecule has 2 rings (SSSR count). The second kappa shape index (κ2) is 75.0. The number of hydrogen-bond acceptors (Lipinski definition) is 19. The Kier molecular flexibility index (Phi) is 70.4. The highest BCUT2D eigenvalue weighted by molar-refractivity contribution is 7.46. The van der Waals surface area contributed by atoms with Crippen LogP contribution in [0.3, 0.4) is 0 Å².